The molecule has 0 aliphatic heterocycles. The van der Waals surface area contributed by atoms with Gasteiger partial charge in [0, 0.05) is 6.54 Å². The standard InChI is InChI=1S/C11H16Br2N4O/c1-6(2)3-7(4-14)11(18)17-10-9(13)16-8(12)5-15-10/h5-7H,3-4,14H2,1-2H3,(H,15,17,18). The lowest BCUT2D eigenvalue weighted by Gasteiger charge is -2.16. The summed E-state index contributed by atoms with van der Waals surface area (Å²) in [7, 11) is 0. The van der Waals surface area contributed by atoms with Gasteiger partial charge in [-0.3, -0.25) is 4.79 Å². The summed E-state index contributed by atoms with van der Waals surface area (Å²) < 4.78 is 1.09. The molecule has 0 fully saturated rings. The summed E-state index contributed by atoms with van der Waals surface area (Å²) >= 11 is 6.45. The van der Waals surface area contributed by atoms with Crippen LogP contribution in [0.1, 0.15) is 20.3 Å². The maximum absolute atomic E-state index is 12.0. The fraction of sp³-hybridized carbons (Fsp3) is 0.545. The number of anilines is 1. The van der Waals surface area contributed by atoms with Gasteiger partial charge in [-0.2, -0.15) is 0 Å². The summed E-state index contributed by atoms with van der Waals surface area (Å²) in [4.78, 5) is 20.2. The van der Waals surface area contributed by atoms with Crippen LogP contribution in [0.25, 0.3) is 0 Å². The Hall–Kier alpha value is -0.530. The number of hydrogen-bond acceptors (Lipinski definition) is 4. The van der Waals surface area contributed by atoms with Crippen LogP contribution in [0.5, 0.6) is 0 Å². The van der Waals surface area contributed by atoms with Crippen LogP contribution in [0, 0.1) is 11.8 Å². The summed E-state index contributed by atoms with van der Waals surface area (Å²) in [6.07, 6.45) is 2.28. The van der Waals surface area contributed by atoms with Crippen LogP contribution in [0.4, 0.5) is 5.82 Å². The molecule has 3 N–H and O–H groups in total. The third kappa shape index (κ3) is 4.62. The summed E-state index contributed by atoms with van der Waals surface area (Å²) in [5.74, 6) is 0.500. The first kappa shape index (κ1) is 15.5. The smallest absolute Gasteiger partial charge is 0.229 e. The van der Waals surface area contributed by atoms with Gasteiger partial charge in [-0.25, -0.2) is 9.97 Å². The minimum atomic E-state index is -0.206. The number of carbonyl (C=O) groups excluding carboxylic acids is 1. The Morgan fingerprint density at radius 1 is 1.50 bits per heavy atom. The Labute approximate surface area is 123 Å². The predicted molar refractivity (Wildman–Crippen MR) is 78.1 cm³/mol. The molecule has 1 aromatic heterocycles. The van der Waals surface area contributed by atoms with Crippen molar-refractivity contribution in [2.45, 2.75) is 20.3 Å². The normalized spacial score (nSPS) is 12.6. The molecular weight excluding hydrogens is 364 g/mol. The fourth-order valence-electron chi connectivity index (χ4n) is 1.53. The van der Waals surface area contributed by atoms with Crippen LogP contribution < -0.4 is 11.1 Å². The van der Waals surface area contributed by atoms with Crippen molar-refractivity contribution in [3.05, 3.63) is 15.4 Å². The predicted octanol–water partition coefficient (Wildman–Crippen LogP) is 2.56. The highest BCUT2D eigenvalue weighted by Gasteiger charge is 2.19. The molecule has 0 aliphatic rings. The van der Waals surface area contributed by atoms with E-state index >= 15 is 0 Å². The van der Waals surface area contributed by atoms with Crippen LogP contribution in [0.15, 0.2) is 15.4 Å². The van der Waals surface area contributed by atoms with Crippen LogP contribution in [-0.2, 0) is 4.79 Å². The molecule has 0 aromatic carbocycles. The van der Waals surface area contributed by atoms with E-state index in [2.05, 4.69) is 61.0 Å². The molecule has 5 nitrogen and oxygen atoms in total. The van der Waals surface area contributed by atoms with Gasteiger partial charge in [0.15, 0.2) is 5.82 Å². The minimum Gasteiger partial charge on any atom is -0.330 e. The number of aromatic nitrogens is 2. The average Bonchev–Trinajstić information content (AvgIpc) is 2.29. The van der Waals surface area contributed by atoms with Crippen LogP contribution >= 0.6 is 31.9 Å². The highest BCUT2D eigenvalue weighted by atomic mass is 79.9. The molecule has 1 unspecified atom stereocenters. The van der Waals surface area contributed by atoms with Crippen molar-refractivity contribution in [1.82, 2.24) is 9.97 Å². The minimum absolute atomic E-state index is 0.122. The second-order valence-electron chi connectivity index (χ2n) is 4.38. The van der Waals surface area contributed by atoms with Crippen molar-refractivity contribution in [2.75, 3.05) is 11.9 Å². The number of nitrogens with two attached hydrogens (primary N) is 1. The van der Waals surface area contributed by atoms with E-state index in [-0.39, 0.29) is 11.8 Å². The maximum Gasteiger partial charge on any atom is 0.229 e. The molecule has 1 aromatic rings. The monoisotopic (exact) mass is 378 g/mol. The second kappa shape index (κ2) is 7.16. The Morgan fingerprint density at radius 2 is 2.17 bits per heavy atom. The zero-order valence-corrected chi connectivity index (χ0v) is 13.5. The molecule has 1 rings (SSSR count). The van der Waals surface area contributed by atoms with Crippen LogP contribution in [0.3, 0.4) is 0 Å². The lowest BCUT2D eigenvalue weighted by molar-refractivity contribution is -0.120. The van der Waals surface area contributed by atoms with E-state index < -0.39 is 0 Å². The van der Waals surface area contributed by atoms with Gasteiger partial charge in [-0.05, 0) is 44.2 Å². The van der Waals surface area contributed by atoms with Crippen LogP contribution in [-0.4, -0.2) is 22.4 Å². The first-order chi connectivity index (χ1) is 8.43. The summed E-state index contributed by atoms with van der Waals surface area (Å²) in [6.45, 7) is 4.45. The number of nitrogens with zero attached hydrogens (tertiary/aromatic N) is 2. The Kier molecular flexibility index (Phi) is 6.17. The molecule has 0 radical (unpaired) electrons. The van der Waals surface area contributed by atoms with E-state index in [1.807, 2.05) is 0 Å². The quantitative estimate of drug-likeness (QED) is 0.823. The summed E-state index contributed by atoms with van der Waals surface area (Å²) in [6, 6.07) is 0. The van der Waals surface area contributed by atoms with Crippen molar-refractivity contribution in [1.29, 1.82) is 0 Å². The maximum atomic E-state index is 12.0. The summed E-state index contributed by atoms with van der Waals surface area (Å²) in [5, 5.41) is 2.73. The Bertz CT molecular complexity index is 426. The highest BCUT2D eigenvalue weighted by molar-refractivity contribution is 9.11. The number of nitrogens with one attached hydrogen (secondary N) is 1. The second-order valence-corrected chi connectivity index (χ2v) is 5.95. The van der Waals surface area contributed by atoms with E-state index in [1.54, 1.807) is 0 Å². The van der Waals surface area contributed by atoms with Gasteiger partial charge in [-0.1, -0.05) is 13.8 Å². The zero-order chi connectivity index (χ0) is 13.7. The van der Waals surface area contributed by atoms with Crippen molar-refractivity contribution < 1.29 is 4.79 Å². The third-order valence-electron chi connectivity index (χ3n) is 2.35. The van der Waals surface area contributed by atoms with E-state index in [0.29, 0.717) is 27.5 Å². The van der Waals surface area contributed by atoms with Crippen molar-refractivity contribution in [3.8, 4) is 0 Å². The van der Waals surface area contributed by atoms with E-state index in [1.165, 1.54) is 6.20 Å². The first-order valence-corrected chi connectivity index (χ1v) is 7.21. The molecule has 1 amide bonds. The molecule has 1 heterocycles. The Morgan fingerprint density at radius 3 is 2.67 bits per heavy atom. The fourth-order valence-corrected chi connectivity index (χ4v) is 2.44. The molecule has 1 atom stereocenters. The molecule has 100 valence electrons. The largest absolute Gasteiger partial charge is 0.330 e. The molecule has 0 saturated carbocycles. The molecule has 0 saturated heterocycles. The van der Waals surface area contributed by atoms with Crippen molar-refractivity contribution >= 4 is 43.6 Å². The van der Waals surface area contributed by atoms with Crippen LogP contribution in [0.2, 0.25) is 0 Å². The van der Waals surface area contributed by atoms with Gasteiger partial charge in [0.05, 0.1) is 12.1 Å². The molecule has 0 spiro atoms. The van der Waals surface area contributed by atoms with Gasteiger partial charge in [0.2, 0.25) is 5.91 Å². The van der Waals surface area contributed by atoms with Crippen molar-refractivity contribution in [2.24, 2.45) is 17.6 Å². The van der Waals surface area contributed by atoms with Crippen molar-refractivity contribution in [3.63, 3.8) is 0 Å². The number of hydrogen-bond donors (Lipinski definition) is 2. The molecule has 0 bridgehead atoms. The lowest BCUT2D eigenvalue weighted by atomic mass is 9.96. The van der Waals surface area contributed by atoms with Gasteiger partial charge in [0.25, 0.3) is 0 Å². The lowest BCUT2D eigenvalue weighted by Crippen LogP contribution is -2.30. The van der Waals surface area contributed by atoms with E-state index in [0.717, 1.165) is 6.42 Å². The molecule has 7 heteroatoms. The van der Waals surface area contributed by atoms with Gasteiger partial charge >= 0.3 is 0 Å². The van der Waals surface area contributed by atoms with Gasteiger partial charge in [-0.15, -0.1) is 0 Å². The van der Waals surface area contributed by atoms with Gasteiger partial charge in [0.1, 0.15) is 9.21 Å². The number of halogens is 2. The average molecular weight is 380 g/mol. The third-order valence-corrected chi connectivity index (χ3v) is 3.29. The first-order valence-electron chi connectivity index (χ1n) is 5.63. The molecule has 18 heavy (non-hydrogen) atoms. The van der Waals surface area contributed by atoms with Gasteiger partial charge < -0.3 is 11.1 Å². The SMILES string of the molecule is CC(C)CC(CN)C(=O)Nc1ncc(Br)nc1Br. The topological polar surface area (TPSA) is 80.9 Å². The number of rotatable bonds is 5. The Balaban J connectivity index is 2.73. The number of carbonyl (C=O) groups is 1. The van der Waals surface area contributed by atoms with E-state index in [9.17, 15) is 4.79 Å². The molecular formula is C11H16Br2N4O. The van der Waals surface area contributed by atoms with E-state index in [4.69, 9.17) is 5.73 Å². The number of amides is 1. The summed E-state index contributed by atoms with van der Waals surface area (Å²) in [5.41, 5.74) is 5.62. The highest BCUT2D eigenvalue weighted by Crippen LogP contribution is 2.21. The zero-order valence-electron chi connectivity index (χ0n) is 10.3. The molecule has 0 aliphatic carbocycles.